The van der Waals surface area contributed by atoms with Gasteiger partial charge in [0.15, 0.2) is 0 Å². The lowest BCUT2D eigenvalue weighted by atomic mass is 10.4. The zero-order valence-electron chi connectivity index (χ0n) is 7.64. The Morgan fingerprint density at radius 1 is 1.58 bits per heavy atom. The summed E-state index contributed by atoms with van der Waals surface area (Å²) in [6, 6.07) is 0. The second-order valence-corrected chi connectivity index (χ2v) is 2.27. The predicted octanol–water partition coefficient (Wildman–Crippen LogP) is 0.552. The summed E-state index contributed by atoms with van der Waals surface area (Å²) in [5.41, 5.74) is 0. The van der Waals surface area contributed by atoms with Gasteiger partial charge < -0.3 is 10.1 Å². The van der Waals surface area contributed by atoms with Crippen molar-refractivity contribution in [2.75, 3.05) is 20.3 Å². The molecule has 0 saturated heterocycles. The molecule has 0 aliphatic rings. The SMILES string of the molecule is CC#CCCNC(=O)CCOC. The van der Waals surface area contributed by atoms with Gasteiger partial charge in [0.25, 0.3) is 0 Å². The summed E-state index contributed by atoms with van der Waals surface area (Å²) in [7, 11) is 1.58. The van der Waals surface area contributed by atoms with Crippen molar-refractivity contribution < 1.29 is 9.53 Å². The molecule has 0 saturated carbocycles. The first-order valence-corrected chi connectivity index (χ1v) is 3.96. The molecule has 0 aromatic heterocycles. The fourth-order valence-corrected chi connectivity index (χ4v) is 0.673. The summed E-state index contributed by atoms with van der Waals surface area (Å²) in [6.45, 7) is 2.89. The Balaban J connectivity index is 3.23. The molecule has 1 amide bonds. The number of rotatable bonds is 5. The van der Waals surface area contributed by atoms with Gasteiger partial charge in [0, 0.05) is 26.5 Å². The van der Waals surface area contributed by atoms with Crippen LogP contribution >= 0.6 is 0 Å². The first-order chi connectivity index (χ1) is 5.81. The summed E-state index contributed by atoms with van der Waals surface area (Å²) >= 11 is 0. The molecule has 0 rings (SSSR count). The monoisotopic (exact) mass is 169 g/mol. The van der Waals surface area contributed by atoms with Crippen molar-refractivity contribution in [1.29, 1.82) is 0 Å². The summed E-state index contributed by atoms with van der Waals surface area (Å²) in [6.07, 6.45) is 1.14. The van der Waals surface area contributed by atoms with E-state index in [9.17, 15) is 4.79 Å². The molecule has 0 bridgehead atoms. The third kappa shape index (κ3) is 7.10. The van der Waals surface area contributed by atoms with Gasteiger partial charge in [-0.3, -0.25) is 4.79 Å². The normalized spacial score (nSPS) is 8.50. The van der Waals surface area contributed by atoms with E-state index >= 15 is 0 Å². The molecule has 68 valence electrons. The van der Waals surface area contributed by atoms with Gasteiger partial charge in [-0.15, -0.1) is 11.8 Å². The maximum absolute atomic E-state index is 10.9. The van der Waals surface area contributed by atoms with Crippen LogP contribution in [0.2, 0.25) is 0 Å². The van der Waals surface area contributed by atoms with E-state index in [0.29, 0.717) is 19.6 Å². The third-order valence-corrected chi connectivity index (χ3v) is 1.28. The van der Waals surface area contributed by atoms with Crippen LogP contribution < -0.4 is 5.32 Å². The Hall–Kier alpha value is -1.01. The highest BCUT2D eigenvalue weighted by Crippen LogP contribution is 1.80. The van der Waals surface area contributed by atoms with Crippen molar-refractivity contribution in [2.24, 2.45) is 0 Å². The number of hydrogen-bond acceptors (Lipinski definition) is 2. The first-order valence-electron chi connectivity index (χ1n) is 3.96. The number of carbonyl (C=O) groups excluding carboxylic acids is 1. The Kier molecular flexibility index (Phi) is 7.41. The topological polar surface area (TPSA) is 38.3 Å². The number of carbonyl (C=O) groups is 1. The van der Waals surface area contributed by atoms with Crippen molar-refractivity contribution >= 4 is 5.91 Å². The van der Waals surface area contributed by atoms with E-state index in [1.807, 2.05) is 0 Å². The minimum Gasteiger partial charge on any atom is -0.384 e. The third-order valence-electron chi connectivity index (χ3n) is 1.28. The lowest BCUT2D eigenvalue weighted by Gasteiger charge is -2.00. The van der Waals surface area contributed by atoms with Gasteiger partial charge in [0.05, 0.1) is 6.61 Å². The molecule has 0 heterocycles. The number of hydrogen-bond donors (Lipinski definition) is 1. The maximum atomic E-state index is 10.9. The molecule has 0 unspecified atom stereocenters. The van der Waals surface area contributed by atoms with Crippen LogP contribution in [-0.4, -0.2) is 26.2 Å². The Bertz CT molecular complexity index is 179. The van der Waals surface area contributed by atoms with Crippen LogP contribution in [0.3, 0.4) is 0 Å². The molecule has 0 spiro atoms. The Morgan fingerprint density at radius 2 is 2.33 bits per heavy atom. The second-order valence-electron chi connectivity index (χ2n) is 2.27. The van der Waals surface area contributed by atoms with Crippen molar-refractivity contribution in [3.8, 4) is 11.8 Å². The van der Waals surface area contributed by atoms with Crippen LogP contribution in [0, 0.1) is 11.8 Å². The molecule has 0 radical (unpaired) electrons. The molecule has 0 fully saturated rings. The minimum atomic E-state index is 0.0229. The van der Waals surface area contributed by atoms with Crippen LogP contribution in [0.5, 0.6) is 0 Å². The molecule has 12 heavy (non-hydrogen) atoms. The Labute approximate surface area is 73.5 Å². The van der Waals surface area contributed by atoms with Gasteiger partial charge in [-0.2, -0.15) is 0 Å². The summed E-state index contributed by atoms with van der Waals surface area (Å²) in [4.78, 5) is 10.9. The summed E-state index contributed by atoms with van der Waals surface area (Å²) in [5.74, 6) is 5.65. The molecule has 3 heteroatoms. The minimum absolute atomic E-state index is 0.0229. The summed E-state index contributed by atoms with van der Waals surface area (Å²) < 4.78 is 4.75. The lowest BCUT2D eigenvalue weighted by molar-refractivity contribution is -0.121. The van der Waals surface area contributed by atoms with E-state index in [-0.39, 0.29) is 5.91 Å². The number of ether oxygens (including phenoxy) is 1. The van der Waals surface area contributed by atoms with Gasteiger partial charge in [-0.25, -0.2) is 0 Å². The number of methoxy groups -OCH3 is 1. The first kappa shape index (κ1) is 11.0. The van der Waals surface area contributed by atoms with Crippen LogP contribution in [0.4, 0.5) is 0 Å². The zero-order chi connectivity index (χ0) is 9.23. The molecule has 0 aliphatic heterocycles. The highest BCUT2D eigenvalue weighted by Gasteiger charge is 1.97. The van der Waals surface area contributed by atoms with Crippen LogP contribution in [0.25, 0.3) is 0 Å². The standard InChI is InChI=1S/C9H15NO2/c1-3-4-5-7-10-9(11)6-8-12-2/h5-8H2,1-2H3,(H,10,11). The van der Waals surface area contributed by atoms with Crippen molar-refractivity contribution in [3.63, 3.8) is 0 Å². The quantitative estimate of drug-likeness (QED) is 0.482. The zero-order valence-corrected chi connectivity index (χ0v) is 7.64. The van der Waals surface area contributed by atoms with Crippen molar-refractivity contribution in [3.05, 3.63) is 0 Å². The number of nitrogens with one attached hydrogen (secondary N) is 1. The van der Waals surface area contributed by atoms with E-state index < -0.39 is 0 Å². The van der Waals surface area contributed by atoms with Gasteiger partial charge in [0.2, 0.25) is 5.91 Å². The van der Waals surface area contributed by atoms with Crippen LogP contribution in [0.1, 0.15) is 19.8 Å². The van der Waals surface area contributed by atoms with Gasteiger partial charge in [-0.1, -0.05) is 0 Å². The van der Waals surface area contributed by atoms with E-state index in [4.69, 9.17) is 4.74 Å². The molecule has 3 nitrogen and oxygen atoms in total. The molecule has 0 aromatic carbocycles. The second kappa shape index (κ2) is 8.09. The predicted molar refractivity (Wildman–Crippen MR) is 47.6 cm³/mol. The highest BCUT2D eigenvalue weighted by atomic mass is 16.5. The fraction of sp³-hybridized carbons (Fsp3) is 0.667. The highest BCUT2D eigenvalue weighted by molar-refractivity contribution is 5.75. The number of amides is 1. The summed E-state index contributed by atoms with van der Waals surface area (Å²) in [5, 5.41) is 2.73. The molecule has 1 N–H and O–H groups in total. The van der Waals surface area contributed by atoms with Crippen LogP contribution in [0.15, 0.2) is 0 Å². The maximum Gasteiger partial charge on any atom is 0.222 e. The molecular formula is C9H15NO2. The average molecular weight is 169 g/mol. The largest absolute Gasteiger partial charge is 0.384 e. The van der Waals surface area contributed by atoms with Gasteiger partial charge >= 0.3 is 0 Å². The van der Waals surface area contributed by atoms with Gasteiger partial charge in [-0.05, 0) is 6.92 Å². The van der Waals surface area contributed by atoms with Crippen molar-refractivity contribution in [2.45, 2.75) is 19.8 Å². The smallest absolute Gasteiger partial charge is 0.222 e. The van der Waals surface area contributed by atoms with E-state index in [2.05, 4.69) is 17.2 Å². The van der Waals surface area contributed by atoms with Crippen LogP contribution in [-0.2, 0) is 9.53 Å². The van der Waals surface area contributed by atoms with Crippen molar-refractivity contribution in [1.82, 2.24) is 5.32 Å². The van der Waals surface area contributed by atoms with E-state index in [1.54, 1.807) is 14.0 Å². The van der Waals surface area contributed by atoms with Gasteiger partial charge in [0.1, 0.15) is 0 Å². The van der Waals surface area contributed by atoms with E-state index in [1.165, 1.54) is 0 Å². The van der Waals surface area contributed by atoms with E-state index in [0.717, 1.165) is 6.42 Å². The molecule has 0 aliphatic carbocycles. The lowest BCUT2D eigenvalue weighted by Crippen LogP contribution is -2.24. The average Bonchev–Trinajstić information content (AvgIpc) is 2.09. The molecule has 0 aromatic rings. The molecular weight excluding hydrogens is 154 g/mol. The fourth-order valence-electron chi connectivity index (χ4n) is 0.673. The Morgan fingerprint density at radius 3 is 2.92 bits per heavy atom. The molecule has 0 atom stereocenters.